The summed E-state index contributed by atoms with van der Waals surface area (Å²) in [6.45, 7) is 3.79. The SMILES string of the molecule is CC(C)CS(=O)(=O)NC(CBr)c1ccccc1. The molecule has 0 aliphatic rings. The largest absolute Gasteiger partial charge is 0.212 e. The minimum atomic E-state index is -3.22. The van der Waals surface area contributed by atoms with Crippen LogP contribution >= 0.6 is 15.9 Å². The zero-order chi connectivity index (χ0) is 12.9. The van der Waals surface area contributed by atoms with Gasteiger partial charge < -0.3 is 0 Å². The molecule has 1 aromatic carbocycles. The summed E-state index contributed by atoms with van der Waals surface area (Å²) in [7, 11) is -3.22. The molecule has 0 saturated carbocycles. The van der Waals surface area contributed by atoms with Gasteiger partial charge in [-0.25, -0.2) is 13.1 Å². The van der Waals surface area contributed by atoms with E-state index in [0.717, 1.165) is 5.56 Å². The second-order valence-electron chi connectivity index (χ2n) is 4.41. The summed E-state index contributed by atoms with van der Waals surface area (Å²) >= 11 is 3.34. The Kier molecular flexibility index (Phi) is 5.62. The topological polar surface area (TPSA) is 46.2 Å². The minimum absolute atomic E-state index is 0.124. The molecular weight excluding hydrogens is 302 g/mol. The van der Waals surface area contributed by atoms with Crippen molar-refractivity contribution in [2.75, 3.05) is 11.1 Å². The summed E-state index contributed by atoms with van der Waals surface area (Å²) in [5, 5.41) is 0.564. The number of rotatable bonds is 6. The molecule has 1 atom stereocenters. The lowest BCUT2D eigenvalue weighted by molar-refractivity contribution is 0.556. The Balaban J connectivity index is 2.78. The molecule has 96 valence electrons. The second kappa shape index (κ2) is 6.52. The van der Waals surface area contributed by atoms with Crippen LogP contribution in [0.2, 0.25) is 0 Å². The Morgan fingerprint density at radius 1 is 1.24 bits per heavy atom. The number of sulfonamides is 1. The van der Waals surface area contributed by atoms with Gasteiger partial charge in [-0.05, 0) is 11.5 Å². The molecule has 0 fully saturated rings. The van der Waals surface area contributed by atoms with Crippen LogP contribution in [0.25, 0.3) is 0 Å². The van der Waals surface area contributed by atoms with E-state index in [-0.39, 0.29) is 17.7 Å². The van der Waals surface area contributed by atoms with Gasteiger partial charge in [-0.15, -0.1) is 0 Å². The molecule has 0 aliphatic carbocycles. The molecule has 0 radical (unpaired) electrons. The van der Waals surface area contributed by atoms with Crippen LogP contribution in [0.3, 0.4) is 0 Å². The lowest BCUT2D eigenvalue weighted by Crippen LogP contribution is -2.33. The van der Waals surface area contributed by atoms with Gasteiger partial charge in [0.2, 0.25) is 10.0 Å². The molecule has 0 aliphatic heterocycles. The molecule has 1 N–H and O–H groups in total. The van der Waals surface area contributed by atoms with Crippen molar-refractivity contribution in [1.29, 1.82) is 0 Å². The maximum atomic E-state index is 11.9. The highest BCUT2D eigenvalue weighted by Gasteiger charge is 2.19. The standard InChI is InChI=1S/C12H18BrNO2S/c1-10(2)9-17(15,16)14-12(8-13)11-6-4-3-5-7-11/h3-7,10,12,14H,8-9H2,1-2H3. The summed E-state index contributed by atoms with van der Waals surface area (Å²) in [5.74, 6) is 0.280. The Labute approximate surface area is 112 Å². The van der Waals surface area contributed by atoms with Gasteiger partial charge >= 0.3 is 0 Å². The molecule has 0 saturated heterocycles. The lowest BCUT2D eigenvalue weighted by atomic mass is 10.1. The summed E-state index contributed by atoms with van der Waals surface area (Å²) < 4.78 is 26.4. The van der Waals surface area contributed by atoms with Crippen molar-refractivity contribution in [2.45, 2.75) is 19.9 Å². The molecule has 0 heterocycles. The van der Waals surface area contributed by atoms with Gasteiger partial charge in [0.15, 0.2) is 0 Å². The van der Waals surface area contributed by atoms with E-state index in [1.165, 1.54) is 0 Å². The molecule has 3 nitrogen and oxygen atoms in total. The average molecular weight is 320 g/mol. The van der Waals surface area contributed by atoms with Crippen LogP contribution in [0.4, 0.5) is 0 Å². The first-order valence-electron chi connectivity index (χ1n) is 5.55. The van der Waals surface area contributed by atoms with Crippen molar-refractivity contribution in [1.82, 2.24) is 4.72 Å². The van der Waals surface area contributed by atoms with Crippen molar-refractivity contribution in [3.8, 4) is 0 Å². The molecule has 5 heteroatoms. The van der Waals surface area contributed by atoms with E-state index in [4.69, 9.17) is 0 Å². The summed E-state index contributed by atoms with van der Waals surface area (Å²) in [6.07, 6.45) is 0. The predicted molar refractivity (Wildman–Crippen MR) is 74.7 cm³/mol. The number of hydrogen-bond donors (Lipinski definition) is 1. The Morgan fingerprint density at radius 3 is 2.29 bits per heavy atom. The Hall–Kier alpha value is -0.390. The minimum Gasteiger partial charge on any atom is -0.212 e. The summed E-state index contributed by atoms with van der Waals surface area (Å²) in [4.78, 5) is 0. The lowest BCUT2D eigenvalue weighted by Gasteiger charge is -2.17. The zero-order valence-corrected chi connectivity index (χ0v) is 12.5. The normalized spacial score (nSPS) is 13.9. The van der Waals surface area contributed by atoms with Gasteiger partial charge in [0.1, 0.15) is 0 Å². The second-order valence-corrected chi connectivity index (χ2v) is 6.86. The van der Waals surface area contributed by atoms with Crippen LogP contribution in [-0.2, 0) is 10.0 Å². The third-order valence-corrected chi connectivity index (χ3v) is 4.63. The first-order chi connectivity index (χ1) is 7.94. The average Bonchev–Trinajstić information content (AvgIpc) is 2.25. The fourth-order valence-electron chi connectivity index (χ4n) is 1.58. The third-order valence-electron chi connectivity index (χ3n) is 2.23. The monoisotopic (exact) mass is 319 g/mol. The quantitative estimate of drug-likeness (QED) is 0.819. The molecule has 0 amide bonds. The first-order valence-corrected chi connectivity index (χ1v) is 8.33. The predicted octanol–water partition coefficient (Wildman–Crippen LogP) is 2.70. The van der Waals surface area contributed by atoms with Crippen LogP contribution in [0.15, 0.2) is 30.3 Å². The molecule has 0 bridgehead atoms. The number of nitrogens with one attached hydrogen (secondary N) is 1. The van der Waals surface area contributed by atoms with E-state index in [9.17, 15) is 8.42 Å². The highest BCUT2D eigenvalue weighted by atomic mass is 79.9. The molecule has 1 rings (SSSR count). The fourth-order valence-corrected chi connectivity index (χ4v) is 3.95. The summed E-state index contributed by atoms with van der Waals surface area (Å²) in [6, 6.07) is 9.36. The van der Waals surface area contributed by atoms with Gasteiger partial charge in [-0.3, -0.25) is 0 Å². The number of halogens is 1. The van der Waals surface area contributed by atoms with E-state index in [2.05, 4.69) is 20.7 Å². The van der Waals surface area contributed by atoms with Crippen LogP contribution in [0.5, 0.6) is 0 Å². The number of benzene rings is 1. The molecule has 1 aromatic rings. The molecule has 0 spiro atoms. The number of alkyl halides is 1. The maximum Gasteiger partial charge on any atom is 0.212 e. The van der Waals surface area contributed by atoms with Crippen molar-refractivity contribution in [3.63, 3.8) is 0 Å². The van der Waals surface area contributed by atoms with Crippen molar-refractivity contribution in [2.24, 2.45) is 5.92 Å². The van der Waals surface area contributed by atoms with Gasteiger partial charge in [0.05, 0.1) is 11.8 Å². The van der Waals surface area contributed by atoms with Gasteiger partial charge in [0, 0.05) is 5.33 Å². The van der Waals surface area contributed by atoms with Gasteiger partial charge in [0.25, 0.3) is 0 Å². The highest BCUT2D eigenvalue weighted by Crippen LogP contribution is 2.16. The molecule has 1 unspecified atom stereocenters. The van der Waals surface area contributed by atoms with E-state index in [1.54, 1.807) is 0 Å². The third kappa shape index (κ3) is 5.19. The number of hydrogen-bond acceptors (Lipinski definition) is 2. The van der Waals surface area contributed by atoms with Crippen molar-refractivity contribution in [3.05, 3.63) is 35.9 Å². The van der Waals surface area contributed by atoms with E-state index in [1.807, 2.05) is 44.2 Å². The molecular formula is C12H18BrNO2S. The van der Waals surface area contributed by atoms with Crippen LogP contribution in [-0.4, -0.2) is 19.5 Å². The van der Waals surface area contributed by atoms with E-state index >= 15 is 0 Å². The Bertz CT molecular complexity index is 431. The van der Waals surface area contributed by atoms with Gasteiger partial charge in [-0.2, -0.15) is 0 Å². The van der Waals surface area contributed by atoms with Crippen LogP contribution in [0.1, 0.15) is 25.5 Å². The summed E-state index contributed by atoms with van der Waals surface area (Å²) in [5.41, 5.74) is 0.969. The van der Waals surface area contributed by atoms with Crippen molar-refractivity contribution >= 4 is 26.0 Å². The molecule has 0 aromatic heterocycles. The fraction of sp³-hybridized carbons (Fsp3) is 0.500. The van der Waals surface area contributed by atoms with Crippen LogP contribution < -0.4 is 4.72 Å². The first kappa shape index (κ1) is 14.7. The maximum absolute atomic E-state index is 11.9. The molecule has 17 heavy (non-hydrogen) atoms. The zero-order valence-electron chi connectivity index (χ0n) is 10.1. The van der Waals surface area contributed by atoms with Crippen molar-refractivity contribution < 1.29 is 8.42 Å². The van der Waals surface area contributed by atoms with Crippen LogP contribution in [0, 0.1) is 5.92 Å². The van der Waals surface area contributed by atoms with Gasteiger partial charge in [-0.1, -0.05) is 60.1 Å². The highest BCUT2D eigenvalue weighted by molar-refractivity contribution is 9.09. The Morgan fingerprint density at radius 2 is 1.82 bits per heavy atom. The van der Waals surface area contributed by atoms with E-state index < -0.39 is 10.0 Å². The van der Waals surface area contributed by atoms with E-state index in [0.29, 0.717) is 5.33 Å². The smallest absolute Gasteiger partial charge is 0.212 e.